The van der Waals surface area contributed by atoms with Gasteiger partial charge in [0.1, 0.15) is 0 Å². The molecule has 0 saturated heterocycles. The molecule has 1 saturated carbocycles. The van der Waals surface area contributed by atoms with E-state index in [-0.39, 0.29) is 0 Å². The summed E-state index contributed by atoms with van der Waals surface area (Å²) in [7, 11) is 0. The molecule has 0 N–H and O–H groups in total. The van der Waals surface area contributed by atoms with E-state index < -0.39 is 0 Å². The van der Waals surface area contributed by atoms with E-state index >= 15 is 0 Å². The minimum Gasteiger partial charge on any atom is -0.0848 e. The maximum absolute atomic E-state index is 2.44. The molecule has 2 bridgehead atoms. The zero-order valence-corrected chi connectivity index (χ0v) is 6.28. The van der Waals surface area contributed by atoms with Crippen molar-refractivity contribution in [3.05, 3.63) is 11.6 Å². The Kier molecular flexibility index (Phi) is 0.870. The molecule has 0 aromatic carbocycles. The maximum atomic E-state index is 2.44. The van der Waals surface area contributed by atoms with Gasteiger partial charge in [-0.05, 0) is 30.6 Å². The van der Waals surface area contributed by atoms with Crippen LogP contribution < -0.4 is 0 Å². The van der Waals surface area contributed by atoms with Gasteiger partial charge in [-0.2, -0.15) is 0 Å². The van der Waals surface area contributed by atoms with Crippen molar-refractivity contribution in [1.29, 1.82) is 0 Å². The van der Waals surface area contributed by atoms with Crippen molar-refractivity contribution < 1.29 is 0 Å². The SMILES string of the molecule is CC1(C)C2=CCCC1C2. The summed E-state index contributed by atoms with van der Waals surface area (Å²) in [6, 6.07) is 0. The van der Waals surface area contributed by atoms with E-state index in [4.69, 9.17) is 0 Å². The number of allylic oxidation sites excluding steroid dienone is 2. The van der Waals surface area contributed by atoms with Gasteiger partial charge in [-0.1, -0.05) is 25.5 Å². The molecule has 9 heavy (non-hydrogen) atoms. The van der Waals surface area contributed by atoms with Crippen LogP contribution in [0.4, 0.5) is 0 Å². The highest BCUT2D eigenvalue weighted by Gasteiger charge is 2.44. The molecule has 0 radical (unpaired) electrons. The first-order valence-corrected chi connectivity index (χ1v) is 3.91. The molecule has 0 heterocycles. The van der Waals surface area contributed by atoms with Crippen LogP contribution in [0.1, 0.15) is 33.1 Å². The molecule has 0 spiro atoms. The monoisotopic (exact) mass is 122 g/mol. The Labute approximate surface area is 57.0 Å². The summed E-state index contributed by atoms with van der Waals surface area (Å²) >= 11 is 0. The number of rotatable bonds is 0. The molecular weight excluding hydrogens is 108 g/mol. The van der Waals surface area contributed by atoms with Gasteiger partial charge >= 0.3 is 0 Å². The van der Waals surface area contributed by atoms with Crippen LogP contribution in [0.2, 0.25) is 0 Å². The molecule has 0 aliphatic heterocycles. The second kappa shape index (κ2) is 1.42. The molecule has 1 fully saturated rings. The van der Waals surface area contributed by atoms with E-state index in [0.29, 0.717) is 5.41 Å². The average Bonchev–Trinajstić information content (AvgIpc) is 1.89. The quantitative estimate of drug-likeness (QED) is 0.433. The lowest BCUT2D eigenvalue weighted by atomic mass is 9.54. The first-order chi connectivity index (χ1) is 4.21. The van der Waals surface area contributed by atoms with Gasteiger partial charge in [0.2, 0.25) is 0 Å². The van der Waals surface area contributed by atoms with Crippen molar-refractivity contribution in [1.82, 2.24) is 0 Å². The molecule has 0 aromatic heterocycles. The molecule has 1 unspecified atom stereocenters. The van der Waals surface area contributed by atoms with E-state index in [2.05, 4.69) is 19.9 Å². The maximum Gasteiger partial charge on any atom is -0.0113 e. The summed E-state index contributed by atoms with van der Waals surface area (Å²) in [5.74, 6) is 1.03. The minimum absolute atomic E-state index is 0.595. The predicted octanol–water partition coefficient (Wildman–Crippen LogP) is 2.75. The third kappa shape index (κ3) is 0.540. The first kappa shape index (κ1) is 5.52. The lowest BCUT2D eigenvalue weighted by Crippen LogP contribution is -2.39. The lowest BCUT2D eigenvalue weighted by Gasteiger charge is -2.50. The van der Waals surface area contributed by atoms with Crippen molar-refractivity contribution in [3.8, 4) is 0 Å². The zero-order chi connectivity index (χ0) is 6.48. The van der Waals surface area contributed by atoms with Gasteiger partial charge in [-0.25, -0.2) is 0 Å². The smallest absolute Gasteiger partial charge is 0.0113 e. The van der Waals surface area contributed by atoms with Crippen LogP contribution >= 0.6 is 0 Å². The van der Waals surface area contributed by atoms with Gasteiger partial charge < -0.3 is 0 Å². The fourth-order valence-electron chi connectivity index (χ4n) is 2.18. The van der Waals surface area contributed by atoms with E-state index in [1.165, 1.54) is 19.3 Å². The van der Waals surface area contributed by atoms with Crippen LogP contribution in [0.3, 0.4) is 0 Å². The second-order valence-electron chi connectivity index (χ2n) is 3.93. The Bertz CT molecular complexity index is 163. The van der Waals surface area contributed by atoms with Crippen molar-refractivity contribution in [3.63, 3.8) is 0 Å². The van der Waals surface area contributed by atoms with Gasteiger partial charge in [0.25, 0.3) is 0 Å². The van der Waals surface area contributed by atoms with Gasteiger partial charge in [-0.3, -0.25) is 0 Å². The van der Waals surface area contributed by atoms with E-state index in [1.807, 2.05) is 0 Å². The molecular formula is C9H14. The van der Waals surface area contributed by atoms with Crippen LogP contribution in [-0.4, -0.2) is 0 Å². The molecule has 0 nitrogen and oxygen atoms in total. The summed E-state index contributed by atoms with van der Waals surface area (Å²) in [6.45, 7) is 4.76. The minimum atomic E-state index is 0.595. The summed E-state index contributed by atoms with van der Waals surface area (Å²) in [4.78, 5) is 0. The zero-order valence-electron chi connectivity index (χ0n) is 6.28. The van der Waals surface area contributed by atoms with E-state index in [9.17, 15) is 0 Å². The fourth-order valence-corrected chi connectivity index (χ4v) is 2.18. The Morgan fingerprint density at radius 3 is 2.56 bits per heavy atom. The molecule has 3 aliphatic carbocycles. The van der Waals surface area contributed by atoms with Crippen molar-refractivity contribution in [2.75, 3.05) is 0 Å². The van der Waals surface area contributed by atoms with Gasteiger partial charge in [0.05, 0.1) is 0 Å². The van der Waals surface area contributed by atoms with Crippen molar-refractivity contribution in [2.24, 2.45) is 11.3 Å². The number of hydrogen-bond donors (Lipinski definition) is 0. The summed E-state index contributed by atoms with van der Waals surface area (Å²) < 4.78 is 0. The van der Waals surface area contributed by atoms with Gasteiger partial charge in [0, 0.05) is 0 Å². The molecule has 50 valence electrons. The Morgan fingerprint density at radius 1 is 1.56 bits per heavy atom. The van der Waals surface area contributed by atoms with Crippen LogP contribution in [0.15, 0.2) is 11.6 Å². The molecule has 1 atom stereocenters. The van der Waals surface area contributed by atoms with Crippen molar-refractivity contribution >= 4 is 0 Å². The van der Waals surface area contributed by atoms with E-state index in [0.717, 1.165) is 5.92 Å². The van der Waals surface area contributed by atoms with Crippen LogP contribution in [0.25, 0.3) is 0 Å². The Balaban J connectivity index is 2.32. The largest absolute Gasteiger partial charge is 0.0848 e. The fraction of sp³-hybridized carbons (Fsp3) is 0.778. The van der Waals surface area contributed by atoms with Crippen LogP contribution in [0.5, 0.6) is 0 Å². The molecule has 3 aliphatic rings. The Hall–Kier alpha value is -0.260. The van der Waals surface area contributed by atoms with Crippen LogP contribution in [-0.2, 0) is 0 Å². The highest BCUT2D eigenvalue weighted by atomic mass is 14.5. The standard InChI is InChI=1S/C9H14/c1-9(2)7-4-3-5-8(9)6-7/h4,8H,3,5-6H2,1-2H3. The topological polar surface area (TPSA) is 0 Å². The molecule has 3 rings (SSSR count). The summed E-state index contributed by atoms with van der Waals surface area (Å²) in [5.41, 5.74) is 2.32. The van der Waals surface area contributed by atoms with Gasteiger partial charge in [0.15, 0.2) is 0 Å². The summed E-state index contributed by atoms with van der Waals surface area (Å²) in [6.07, 6.45) is 6.65. The highest BCUT2D eigenvalue weighted by molar-refractivity contribution is 5.27. The summed E-state index contributed by atoms with van der Waals surface area (Å²) in [5, 5.41) is 0. The third-order valence-corrected chi connectivity index (χ3v) is 3.22. The van der Waals surface area contributed by atoms with Crippen molar-refractivity contribution in [2.45, 2.75) is 33.1 Å². The highest BCUT2D eigenvalue weighted by Crippen LogP contribution is 2.55. The molecule has 0 heteroatoms. The second-order valence-corrected chi connectivity index (χ2v) is 3.93. The molecule has 0 aromatic rings. The molecule has 0 amide bonds. The number of hydrogen-bond acceptors (Lipinski definition) is 0. The Morgan fingerprint density at radius 2 is 2.33 bits per heavy atom. The van der Waals surface area contributed by atoms with Crippen LogP contribution in [0, 0.1) is 11.3 Å². The average molecular weight is 122 g/mol. The van der Waals surface area contributed by atoms with Gasteiger partial charge in [-0.15, -0.1) is 0 Å². The number of fused-ring (bicyclic) bond motifs is 2. The van der Waals surface area contributed by atoms with E-state index in [1.54, 1.807) is 5.57 Å². The first-order valence-electron chi connectivity index (χ1n) is 3.91. The third-order valence-electron chi connectivity index (χ3n) is 3.22. The predicted molar refractivity (Wildman–Crippen MR) is 39.2 cm³/mol. The normalized spacial score (nSPS) is 37.1. The lowest BCUT2D eigenvalue weighted by molar-refractivity contribution is 0.139.